The first-order chi connectivity index (χ1) is 14.8. The Bertz CT molecular complexity index is 724. The van der Waals surface area contributed by atoms with Crippen LogP contribution in [0, 0.1) is 5.92 Å². The monoisotopic (exact) mass is 474 g/mol. The van der Waals surface area contributed by atoms with Crippen LogP contribution in [0.25, 0.3) is 0 Å². The van der Waals surface area contributed by atoms with Crippen molar-refractivity contribution >= 4 is 11.9 Å². The lowest BCUT2D eigenvalue weighted by molar-refractivity contribution is -0.193. The van der Waals surface area contributed by atoms with Gasteiger partial charge in [-0.15, -0.1) is 0 Å². The molecule has 0 aromatic carbocycles. The lowest BCUT2D eigenvalue weighted by Crippen LogP contribution is -2.37. The Hall–Kier alpha value is -2.28. The molecule has 0 bridgehead atoms. The minimum atomic E-state index is -5.08. The van der Waals surface area contributed by atoms with Gasteiger partial charge in [0.15, 0.2) is 0 Å². The van der Waals surface area contributed by atoms with Gasteiger partial charge < -0.3 is 14.6 Å². The van der Waals surface area contributed by atoms with Gasteiger partial charge in [0, 0.05) is 43.8 Å². The second kappa shape index (κ2) is 10.6. The summed E-state index contributed by atoms with van der Waals surface area (Å²) in [6.45, 7) is 5.05. The topological polar surface area (TPSA) is 94.2 Å². The Morgan fingerprint density at radius 3 is 1.78 bits per heavy atom. The van der Waals surface area contributed by atoms with Crippen LogP contribution in [0.2, 0.25) is 0 Å². The highest BCUT2D eigenvalue weighted by Gasteiger charge is 2.43. The van der Waals surface area contributed by atoms with Gasteiger partial charge in [-0.25, -0.2) is 9.59 Å². The first kappa shape index (κ1) is 26.0. The lowest BCUT2D eigenvalue weighted by atomic mass is 10.1. The van der Waals surface area contributed by atoms with E-state index in [2.05, 4.69) is 15.9 Å². The van der Waals surface area contributed by atoms with E-state index in [9.17, 15) is 26.3 Å². The molecule has 1 saturated carbocycles. The number of carboxylic acid groups (broad SMARTS) is 2. The summed E-state index contributed by atoms with van der Waals surface area (Å²) in [4.78, 5) is 23.2. The molecule has 3 heterocycles. The predicted molar refractivity (Wildman–Crippen MR) is 97.6 cm³/mol. The Labute approximate surface area is 179 Å². The Kier molecular flexibility index (Phi) is 8.57. The molecule has 2 saturated heterocycles. The first-order valence-electron chi connectivity index (χ1n) is 9.88. The maximum absolute atomic E-state index is 10.6. The lowest BCUT2D eigenvalue weighted by Gasteiger charge is -2.25. The highest BCUT2D eigenvalue weighted by Crippen LogP contribution is 2.37. The molecule has 7 nitrogen and oxygen atoms in total. The smallest absolute Gasteiger partial charge is 0.475 e. The maximum atomic E-state index is 10.6. The zero-order valence-corrected chi connectivity index (χ0v) is 16.9. The van der Waals surface area contributed by atoms with Crippen molar-refractivity contribution in [2.45, 2.75) is 56.7 Å². The summed E-state index contributed by atoms with van der Waals surface area (Å²) in [6.07, 6.45) is -0.787. The number of hydrogen-bond acceptors (Lipinski definition) is 5. The third-order valence-electron chi connectivity index (χ3n) is 5.45. The minimum Gasteiger partial charge on any atom is -0.475 e. The van der Waals surface area contributed by atoms with Crippen LogP contribution < -0.4 is 0 Å². The van der Waals surface area contributed by atoms with E-state index in [1.165, 1.54) is 50.9 Å². The van der Waals surface area contributed by atoms with E-state index < -0.39 is 24.3 Å². The molecule has 13 heteroatoms. The minimum absolute atomic E-state index is 0.804. The number of furan rings is 1. The molecular formula is C19H24F6N2O5. The van der Waals surface area contributed by atoms with Gasteiger partial charge in [-0.2, -0.15) is 26.3 Å². The third-order valence-corrected chi connectivity index (χ3v) is 5.45. The van der Waals surface area contributed by atoms with Crippen LogP contribution in [0.15, 0.2) is 23.0 Å². The fraction of sp³-hybridized carbons (Fsp3) is 0.684. The number of rotatable bonds is 4. The van der Waals surface area contributed by atoms with Gasteiger partial charge >= 0.3 is 24.3 Å². The molecule has 2 aliphatic heterocycles. The van der Waals surface area contributed by atoms with Crippen molar-refractivity contribution in [1.82, 2.24) is 9.80 Å². The van der Waals surface area contributed by atoms with Crippen molar-refractivity contribution < 1.29 is 50.6 Å². The standard InChI is InChI=1S/C15H22N2O.2C2HF3O2/c1-2-12(1)9-16-6-3-15-14(16)4-7-17(15)10-13-5-8-18-11-13;2*3-2(4,5)1(6)7/h5,8,11-12,14-15H,1-4,6-7,9-10H2;2*(H,6,7)/t14-,15+;;/m0../s1. The summed E-state index contributed by atoms with van der Waals surface area (Å²) in [5.74, 6) is -4.48. The zero-order chi connectivity index (χ0) is 24.1. The molecule has 4 rings (SSSR count). The van der Waals surface area contributed by atoms with Crippen LogP contribution in [0.4, 0.5) is 26.3 Å². The molecule has 0 amide bonds. The molecule has 1 aromatic heterocycles. The van der Waals surface area contributed by atoms with Gasteiger partial charge in [0.1, 0.15) is 0 Å². The molecule has 2 N–H and O–H groups in total. The van der Waals surface area contributed by atoms with E-state index >= 15 is 0 Å². The number of carboxylic acids is 2. The largest absolute Gasteiger partial charge is 0.490 e. The predicted octanol–water partition coefficient (Wildman–Crippen LogP) is 3.60. The van der Waals surface area contributed by atoms with E-state index in [1.807, 2.05) is 6.26 Å². The average molecular weight is 474 g/mol. The third kappa shape index (κ3) is 8.01. The van der Waals surface area contributed by atoms with Crippen LogP contribution in [0.5, 0.6) is 0 Å². The summed E-state index contributed by atoms with van der Waals surface area (Å²) in [5, 5.41) is 14.2. The number of hydrogen-bond donors (Lipinski definition) is 2. The van der Waals surface area contributed by atoms with Gasteiger partial charge in [-0.1, -0.05) is 0 Å². The summed E-state index contributed by atoms with van der Waals surface area (Å²) >= 11 is 0. The highest BCUT2D eigenvalue weighted by atomic mass is 19.4. The number of halogens is 6. The molecule has 2 atom stereocenters. The van der Waals surface area contributed by atoms with Crippen LogP contribution in [0.3, 0.4) is 0 Å². The highest BCUT2D eigenvalue weighted by molar-refractivity contribution is 5.73. The van der Waals surface area contributed by atoms with E-state index in [0.717, 1.165) is 24.5 Å². The van der Waals surface area contributed by atoms with E-state index in [0.29, 0.717) is 0 Å². The number of aliphatic carboxylic acids is 2. The average Bonchev–Trinajstić information content (AvgIpc) is 3.05. The first-order valence-corrected chi connectivity index (χ1v) is 9.88. The molecular weight excluding hydrogens is 450 g/mol. The Morgan fingerprint density at radius 1 is 0.906 bits per heavy atom. The molecule has 1 aliphatic carbocycles. The van der Waals surface area contributed by atoms with Crippen LogP contribution >= 0.6 is 0 Å². The molecule has 3 aliphatic rings. The van der Waals surface area contributed by atoms with Gasteiger partial charge in [0.2, 0.25) is 0 Å². The molecule has 0 radical (unpaired) electrons. The maximum Gasteiger partial charge on any atom is 0.490 e. The van der Waals surface area contributed by atoms with E-state index in [4.69, 9.17) is 24.2 Å². The van der Waals surface area contributed by atoms with Crippen molar-refractivity contribution in [3.8, 4) is 0 Å². The summed E-state index contributed by atoms with van der Waals surface area (Å²) in [6, 6.07) is 3.75. The van der Waals surface area contributed by atoms with Crippen molar-refractivity contribution in [2.75, 3.05) is 19.6 Å². The van der Waals surface area contributed by atoms with E-state index in [-0.39, 0.29) is 0 Å². The van der Waals surface area contributed by atoms with Crippen molar-refractivity contribution in [3.63, 3.8) is 0 Å². The van der Waals surface area contributed by atoms with Crippen LogP contribution in [-0.4, -0.2) is 76.0 Å². The summed E-state index contributed by atoms with van der Waals surface area (Å²) in [7, 11) is 0. The van der Waals surface area contributed by atoms with Crippen molar-refractivity contribution in [1.29, 1.82) is 0 Å². The van der Waals surface area contributed by atoms with Crippen LogP contribution in [0.1, 0.15) is 31.2 Å². The van der Waals surface area contributed by atoms with Crippen molar-refractivity contribution in [2.24, 2.45) is 5.92 Å². The molecule has 182 valence electrons. The van der Waals surface area contributed by atoms with Gasteiger partial charge in [-0.05, 0) is 37.7 Å². The number of alkyl halides is 6. The van der Waals surface area contributed by atoms with Gasteiger partial charge in [-0.3, -0.25) is 9.80 Å². The number of fused-ring (bicyclic) bond motifs is 1. The summed E-state index contributed by atoms with van der Waals surface area (Å²) < 4.78 is 68.7. The number of carbonyl (C=O) groups is 2. The molecule has 0 unspecified atom stereocenters. The second-order valence-corrected chi connectivity index (χ2v) is 7.86. The molecule has 1 aromatic rings. The van der Waals surface area contributed by atoms with Crippen molar-refractivity contribution in [3.05, 3.63) is 24.2 Å². The Morgan fingerprint density at radius 2 is 1.38 bits per heavy atom. The fourth-order valence-corrected chi connectivity index (χ4v) is 3.84. The van der Waals surface area contributed by atoms with Crippen LogP contribution in [-0.2, 0) is 16.1 Å². The summed E-state index contributed by atoms with van der Waals surface area (Å²) in [5.41, 5.74) is 1.33. The number of likely N-dealkylation sites (tertiary alicyclic amines) is 2. The molecule has 0 spiro atoms. The van der Waals surface area contributed by atoms with Gasteiger partial charge in [0.25, 0.3) is 0 Å². The quantitative estimate of drug-likeness (QED) is 0.644. The Balaban J connectivity index is 0.000000218. The normalized spacial score (nSPS) is 23.6. The fourth-order valence-electron chi connectivity index (χ4n) is 3.84. The zero-order valence-electron chi connectivity index (χ0n) is 16.9. The van der Waals surface area contributed by atoms with Gasteiger partial charge in [0.05, 0.1) is 12.5 Å². The molecule has 3 fully saturated rings. The SMILES string of the molecule is O=C(O)C(F)(F)F.O=C(O)C(F)(F)F.c1cc(CN2CC[C@H]3[C@H]2CCN3CC2CC2)co1. The van der Waals surface area contributed by atoms with E-state index in [1.54, 1.807) is 6.26 Å². The second-order valence-electron chi connectivity index (χ2n) is 7.86. The number of nitrogens with zero attached hydrogens (tertiary/aromatic N) is 2. The molecule has 32 heavy (non-hydrogen) atoms.